The molecule has 1 aliphatic carbocycles. The van der Waals surface area contributed by atoms with E-state index >= 15 is 0 Å². The Morgan fingerprint density at radius 2 is 1.90 bits per heavy atom. The van der Waals surface area contributed by atoms with Crippen LogP contribution in [0.5, 0.6) is 0 Å². The van der Waals surface area contributed by atoms with Crippen LogP contribution in [-0.2, 0) is 6.54 Å². The van der Waals surface area contributed by atoms with E-state index in [9.17, 15) is 4.39 Å². The number of aliphatic hydroxyl groups excluding tert-OH is 1. The summed E-state index contributed by atoms with van der Waals surface area (Å²) >= 11 is 0. The molecule has 0 aliphatic heterocycles. The van der Waals surface area contributed by atoms with Gasteiger partial charge in [-0.2, -0.15) is 10.1 Å². The number of hydrogen-bond acceptors (Lipinski definition) is 6. The van der Waals surface area contributed by atoms with Crippen LogP contribution in [0.15, 0.2) is 30.5 Å². The lowest BCUT2D eigenvalue weighted by molar-refractivity contribution is 0.286. The van der Waals surface area contributed by atoms with Gasteiger partial charge in [0, 0.05) is 37.5 Å². The van der Waals surface area contributed by atoms with Crippen LogP contribution in [0.2, 0.25) is 0 Å². The monoisotopic (exact) mass is 412 g/mol. The van der Waals surface area contributed by atoms with E-state index < -0.39 is 0 Å². The van der Waals surface area contributed by atoms with Crippen LogP contribution in [0.3, 0.4) is 0 Å². The largest absolute Gasteiger partial charge is 0.396 e. The van der Waals surface area contributed by atoms with Gasteiger partial charge in [-0.05, 0) is 68.7 Å². The van der Waals surface area contributed by atoms with Crippen molar-refractivity contribution in [2.24, 2.45) is 11.7 Å². The second-order valence-corrected chi connectivity index (χ2v) is 8.11. The smallest absolute Gasteiger partial charge is 0.224 e. The fourth-order valence-corrected chi connectivity index (χ4v) is 4.04. The average molecular weight is 413 g/mol. The number of nitrogens with zero attached hydrogens (tertiary/aromatic N) is 4. The van der Waals surface area contributed by atoms with Crippen LogP contribution < -0.4 is 11.1 Å². The summed E-state index contributed by atoms with van der Waals surface area (Å²) in [6.07, 6.45) is 7.64. The molecule has 1 aliphatic rings. The summed E-state index contributed by atoms with van der Waals surface area (Å²) in [7, 11) is 0. The van der Waals surface area contributed by atoms with Crippen molar-refractivity contribution in [1.82, 2.24) is 19.7 Å². The fraction of sp³-hybridized carbons (Fsp3) is 0.500. The molecule has 0 radical (unpaired) electrons. The number of anilines is 1. The Hall–Kier alpha value is -2.58. The molecule has 4 rings (SSSR count). The van der Waals surface area contributed by atoms with Crippen molar-refractivity contribution < 1.29 is 9.50 Å². The highest BCUT2D eigenvalue weighted by molar-refractivity contribution is 5.91. The zero-order valence-corrected chi connectivity index (χ0v) is 17.1. The van der Waals surface area contributed by atoms with Crippen molar-refractivity contribution >= 4 is 17.0 Å². The quantitative estimate of drug-likeness (QED) is 0.491. The molecule has 160 valence electrons. The van der Waals surface area contributed by atoms with E-state index in [4.69, 9.17) is 20.9 Å². The maximum atomic E-state index is 13.4. The summed E-state index contributed by atoms with van der Waals surface area (Å²) in [5.41, 5.74) is 8.46. The molecule has 3 aromatic rings. The zero-order chi connectivity index (χ0) is 20.9. The van der Waals surface area contributed by atoms with Gasteiger partial charge < -0.3 is 16.2 Å². The Morgan fingerprint density at radius 1 is 1.13 bits per heavy atom. The van der Waals surface area contributed by atoms with Crippen molar-refractivity contribution in [3.05, 3.63) is 36.3 Å². The van der Waals surface area contributed by atoms with Gasteiger partial charge in [-0.25, -0.2) is 14.1 Å². The number of unbranched alkanes of at least 4 members (excludes halogenated alkanes) is 1. The third-order valence-corrected chi connectivity index (χ3v) is 5.80. The number of nitrogens with two attached hydrogens (primary N) is 1. The third kappa shape index (κ3) is 4.76. The molecule has 0 spiro atoms. The molecule has 0 saturated heterocycles. The molecule has 0 amide bonds. The summed E-state index contributed by atoms with van der Waals surface area (Å²) < 4.78 is 15.4. The van der Waals surface area contributed by atoms with Crippen molar-refractivity contribution in [3.8, 4) is 11.3 Å². The zero-order valence-electron chi connectivity index (χ0n) is 17.1. The van der Waals surface area contributed by atoms with Crippen molar-refractivity contribution in [3.63, 3.8) is 0 Å². The van der Waals surface area contributed by atoms with E-state index in [-0.39, 0.29) is 12.4 Å². The van der Waals surface area contributed by atoms with Crippen LogP contribution in [0, 0.1) is 11.7 Å². The van der Waals surface area contributed by atoms with Gasteiger partial charge in [0.1, 0.15) is 11.5 Å². The standard InChI is InChI=1S/C22H29FN6O/c23-17-7-5-16(6-8-17)20-19-13-26-22(25-11-1-2-12-30)27-21(19)29(28-20)14-15-3-9-18(24)10-4-15/h5-8,13,15,18,30H,1-4,9-12,14,24H2,(H,25,26,27). The van der Waals surface area contributed by atoms with Crippen molar-refractivity contribution in [1.29, 1.82) is 0 Å². The number of halogens is 1. The first kappa shape index (κ1) is 20.7. The molecular formula is C22H29FN6O. The van der Waals surface area contributed by atoms with Gasteiger partial charge in [0.2, 0.25) is 5.95 Å². The van der Waals surface area contributed by atoms with Crippen molar-refractivity contribution in [2.45, 2.75) is 51.1 Å². The lowest BCUT2D eigenvalue weighted by Gasteiger charge is -2.25. The predicted molar refractivity (Wildman–Crippen MR) is 115 cm³/mol. The van der Waals surface area contributed by atoms with E-state index in [0.717, 1.165) is 67.4 Å². The first-order valence-corrected chi connectivity index (χ1v) is 10.7. The van der Waals surface area contributed by atoms with E-state index in [1.165, 1.54) is 12.1 Å². The minimum Gasteiger partial charge on any atom is -0.396 e. The maximum absolute atomic E-state index is 13.4. The Morgan fingerprint density at radius 3 is 2.63 bits per heavy atom. The van der Waals surface area contributed by atoms with Crippen LogP contribution in [0.4, 0.5) is 10.3 Å². The average Bonchev–Trinajstić information content (AvgIpc) is 3.11. The van der Waals surface area contributed by atoms with E-state index in [0.29, 0.717) is 24.5 Å². The summed E-state index contributed by atoms with van der Waals surface area (Å²) in [5, 5.41) is 17.9. The Labute approximate surface area is 175 Å². The molecule has 2 heterocycles. The topological polar surface area (TPSA) is 102 Å². The normalized spacial score (nSPS) is 19.3. The number of rotatable bonds is 8. The van der Waals surface area contributed by atoms with Gasteiger partial charge in [-0.1, -0.05) is 0 Å². The number of fused-ring (bicyclic) bond motifs is 1. The van der Waals surface area contributed by atoms with Gasteiger partial charge in [0.25, 0.3) is 0 Å². The summed E-state index contributed by atoms with van der Waals surface area (Å²) in [5.74, 6) is 0.800. The van der Waals surface area contributed by atoms with Gasteiger partial charge in [-0.15, -0.1) is 0 Å². The first-order chi connectivity index (χ1) is 14.6. The molecule has 8 heteroatoms. The van der Waals surface area contributed by atoms with Gasteiger partial charge in [0.15, 0.2) is 5.65 Å². The highest BCUT2D eigenvalue weighted by Crippen LogP contribution is 2.30. The minimum atomic E-state index is -0.272. The van der Waals surface area contributed by atoms with Gasteiger partial charge in [-0.3, -0.25) is 0 Å². The molecule has 30 heavy (non-hydrogen) atoms. The number of aromatic nitrogens is 4. The molecule has 1 saturated carbocycles. The maximum Gasteiger partial charge on any atom is 0.224 e. The SMILES string of the molecule is NC1CCC(Cn2nc(-c3ccc(F)cc3)c3cnc(NCCCCO)nc32)CC1. The van der Waals surface area contributed by atoms with Crippen LogP contribution in [-0.4, -0.2) is 44.0 Å². The van der Waals surface area contributed by atoms with E-state index in [1.807, 2.05) is 4.68 Å². The molecule has 0 bridgehead atoms. The molecule has 1 aromatic carbocycles. The third-order valence-electron chi connectivity index (χ3n) is 5.80. The Bertz CT molecular complexity index is 966. The van der Waals surface area contributed by atoms with Crippen molar-refractivity contribution in [2.75, 3.05) is 18.5 Å². The molecule has 4 N–H and O–H groups in total. The summed E-state index contributed by atoms with van der Waals surface area (Å²) in [6.45, 7) is 1.66. The molecular weight excluding hydrogens is 383 g/mol. The summed E-state index contributed by atoms with van der Waals surface area (Å²) in [6, 6.07) is 6.67. The lowest BCUT2D eigenvalue weighted by Crippen LogP contribution is -2.28. The summed E-state index contributed by atoms with van der Waals surface area (Å²) in [4.78, 5) is 9.18. The van der Waals surface area contributed by atoms with E-state index in [1.54, 1.807) is 18.3 Å². The van der Waals surface area contributed by atoms with E-state index in [2.05, 4.69) is 10.3 Å². The van der Waals surface area contributed by atoms with Crippen LogP contribution in [0.1, 0.15) is 38.5 Å². The Balaban J connectivity index is 1.65. The molecule has 0 atom stereocenters. The number of nitrogens with one attached hydrogen (secondary N) is 1. The highest BCUT2D eigenvalue weighted by Gasteiger charge is 2.22. The van der Waals surface area contributed by atoms with Gasteiger partial charge in [0.05, 0.1) is 5.39 Å². The first-order valence-electron chi connectivity index (χ1n) is 10.7. The van der Waals surface area contributed by atoms with Crippen LogP contribution in [0.25, 0.3) is 22.3 Å². The molecule has 7 nitrogen and oxygen atoms in total. The number of hydrogen-bond donors (Lipinski definition) is 3. The second kappa shape index (κ2) is 9.49. The van der Waals surface area contributed by atoms with Gasteiger partial charge >= 0.3 is 0 Å². The lowest BCUT2D eigenvalue weighted by atomic mass is 9.86. The number of aliphatic hydroxyl groups is 1. The fourth-order valence-electron chi connectivity index (χ4n) is 4.04. The Kier molecular flexibility index (Phi) is 6.54. The second-order valence-electron chi connectivity index (χ2n) is 8.11. The molecule has 1 fully saturated rings. The van der Waals surface area contributed by atoms with Crippen LogP contribution >= 0.6 is 0 Å². The molecule has 2 aromatic heterocycles. The molecule has 0 unspecified atom stereocenters. The highest BCUT2D eigenvalue weighted by atomic mass is 19.1. The minimum absolute atomic E-state index is 0.181. The predicted octanol–water partition coefficient (Wildman–Crippen LogP) is 3.33. The number of benzene rings is 1.